The Labute approximate surface area is 378 Å². The largest absolute Gasteiger partial charge is 0.309 e. The molecule has 0 aliphatic heterocycles. The molecule has 6 aromatic carbocycles. The van der Waals surface area contributed by atoms with Gasteiger partial charge in [0.05, 0.1) is 11.0 Å². The summed E-state index contributed by atoms with van der Waals surface area (Å²) in [5.41, 5.74) is 15.9. The fourth-order valence-corrected chi connectivity index (χ4v) is 6.31. The minimum atomic E-state index is 0.769. The van der Waals surface area contributed by atoms with E-state index in [1.54, 1.807) is 6.92 Å². The lowest BCUT2D eigenvalue weighted by Gasteiger charge is -2.14. The third-order valence-electron chi connectivity index (χ3n) is 9.21. The van der Waals surface area contributed by atoms with Gasteiger partial charge in [0.1, 0.15) is 0 Å². The normalized spacial score (nSPS) is 9.39. The summed E-state index contributed by atoms with van der Waals surface area (Å²) in [4.78, 5) is 3.44. The predicted molar refractivity (Wildman–Crippen MR) is 285 cm³/mol. The van der Waals surface area contributed by atoms with Crippen LogP contribution in [0.5, 0.6) is 0 Å². The second-order valence-electron chi connectivity index (χ2n) is 13.2. The van der Waals surface area contributed by atoms with Crippen LogP contribution in [0.1, 0.15) is 99.8 Å². The highest BCUT2D eigenvalue weighted by atomic mass is 15.0. The molecule has 0 saturated heterocycles. The van der Waals surface area contributed by atoms with E-state index in [0.29, 0.717) is 0 Å². The second kappa shape index (κ2) is 32.5. The molecule has 0 saturated carbocycles. The SMILES string of the molecule is C=C(C)C(=C)/C=C\C.C=NC(=C)C.CC.CC.CC.CC.CCc1ccccc1-c1ccccc1.Cc1ccccc1-c1ccc2c3ccccc3n(-c3ccccc3)c2c1C. The molecular formula is C60H78N2. The van der Waals surface area contributed by atoms with Gasteiger partial charge in [-0.1, -0.05) is 227 Å². The fraction of sp³-hybridized carbons (Fsp3) is 0.250. The first-order chi connectivity index (χ1) is 30.1. The van der Waals surface area contributed by atoms with Crippen molar-refractivity contribution in [3.8, 4) is 27.9 Å². The number of fused-ring (bicyclic) bond motifs is 3. The first kappa shape index (κ1) is 55.8. The van der Waals surface area contributed by atoms with Gasteiger partial charge in [0.2, 0.25) is 0 Å². The maximum absolute atomic E-state index is 3.76. The van der Waals surface area contributed by atoms with Crippen LogP contribution in [-0.2, 0) is 6.42 Å². The number of allylic oxidation sites excluding steroid dienone is 5. The molecule has 0 radical (unpaired) electrons. The number of aliphatic imine (C=N–C) groups is 1. The molecule has 1 aromatic heterocycles. The summed E-state index contributed by atoms with van der Waals surface area (Å²) >= 11 is 0. The van der Waals surface area contributed by atoms with Crippen molar-refractivity contribution in [1.29, 1.82) is 0 Å². The number of rotatable bonds is 7. The Kier molecular flexibility index (Phi) is 29.2. The van der Waals surface area contributed by atoms with Crippen molar-refractivity contribution in [2.45, 2.75) is 103 Å². The maximum Gasteiger partial charge on any atom is 0.0576 e. The van der Waals surface area contributed by atoms with Crippen LogP contribution in [0.3, 0.4) is 0 Å². The highest BCUT2D eigenvalue weighted by Gasteiger charge is 2.17. The molecule has 0 amide bonds. The van der Waals surface area contributed by atoms with E-state index in [2.05, 4.69) is 202 Å². The summed E-state index contributed by atoms with van der Waals surface area (Å²) in [6.45, 7) is 42.5. The number of aromatic nitrogens is 1. The van der Waals surface area contributed by atoms with E-state index in [1.165, 1.54) is 66.4 Å². The van der Waals surface area contributed by atoms with E-state index in [0.717, 1.165) is 23.3 Å². The topological polar surface area (TPSA) is 17.3 Å². The Bertz CT molecular complexity index is 2370. The molecule has 0 fully saturated rings. The standard InChI is InChI=1S/C26H21N.C14H14.C8H12.C4H7N.4C2H6/c1-18-10-6-7-13-21(18)22-16-17-24-23-14-8-9-15-25(23)27(26(24)19(22)2)20-11-4-3-5-12-20;1-2-12-8-6-7-11-14(12)13-9-4-3-5-10-13;1-5-6-8(4)7(2)3;1-4(2)5-3;4*1-2/h3-17H,1-2H3;3-11H,2H2,1H3;5-6H,2,4H2,1,3H3;1,3H2,2H3;4*1-2H3/b;;6-5-;;;;;. The van der Waals surface area contributed by atoms with Crippen molar-refractivity contribution < 1.29 is 0 Å². The van der Waals surface area contributed by atoms with E-state index < -0.39 is 0 Å². The van der Waals surface area contributed by atoms with Gasteiger partial charge in [0, 0.05) is 22.2 Å². The number of para-hydroxylation sites is 2. The van der Waals surface area contributed by atoms with Crippen molar-refractivity contribution in [2.75, 3.05) is 0 Å². The van der Waals surface area contributed by atoms with Crippen molar-refractivity contribution in [2.24, 2.45) is 4.99 Å². The van der Waals surface area contributed by atoms with Gasteiger partial charge in [-0.2, -0.15) is 0 Å². The van der Waals surface area contributed by atoms with E-state index >= 15 is 0 Å². The van der Waals surface area contributed by atoms with Crippen LogP contribution in [-0.4, -0.2) is 11.3 Å². The molecule has 7 rings (SSSR count). The summed E-state index contributed by atoms with van der Waals surface area (Å²) in [6.07, 6.45) is 4.99. The average Bonchev–Trinajstić information content (AvgIpc) is 3.68. The zero-order chi connectivity index (χ0) is 47.0. The highest BCUT2D eigenvalue weighted by molar-refractivity contribution is 6.11. The lowest BCUT2D eigenvalue weighted by Crippen LogP contribution is -1.96. The minimum absolute atomic E-state index is 0.769. The molecule has 62 heavy (non-hydrogen) atoms. The Morgan fingerprint density at radius 2 is 1.05 bits per heavy atom. The summed E-state index contributed by atoms with van der Waals surface area (Å²) in [7, 11) is 0. The molecule has 1 heterocycles. The van der Waals surface area contributed by atoms with E-state index in [1.807, 2.05) is 81.4 Å². The third kappa shape index (κ3) is 16.7. The number of hydrogen-bond acceptors (Lipinski definition) is 1. The Morgan fingerprint density at radius 1 is 0.565 bits per heavy atom. The van der Waals surface area contributed by atoms with Gasteiger partial charge in [-0.3, -0.25) is 4.99 Å². The number of hydrogen-bond donors (Lipinski definition) is 0. The summed E-state index contributed by atoms with van der Waals surface area (Å²) in [5.74, 6) is 0. The van der Waals surface area contributed by atoms with Gasteiger partial charge in [0.25, 0.3) is 0 Å². The summed E-state index contributed by atoms with van der Waals surface area (Å²) in [6, 6.07) is 51.7. The Hall–Kier alpha value is -6.25. The van der Waals surface area contributed by atoms with Crippen molar-refractivity contribution in [1.82, 2.24) is 4.57 Å². The molecule has 0 bridgehead atoms. The summed E-state index contributed by atoms with van der Waals surface area (Å²) < 4.78 is 2.40. The zero-order valence-electron chi connectivity index (χ0n) is 40.9. The van der Waals surface area contributed by atoms with Crippen LogP contribution < -0.4 is 0 Å². The highest BCUT2D eigenvalue weighted by Crippen LogP contribution is 2.38. The van der Waals surface area contributed by atoms with Crippen molar-refractivity contribution >= 4 is 28.5 Å². The predicted octanol–water partition coefficient (Wildman–Crippen LogP) is 19.0. The molecule has 0 N–H and O–H groups in total. The fourth-order valence-electron chi connectivity index (χ4n) is 6.31. The van der Waals surface area contributed by atoms with Gasteiger partial charge < -0.3 is 4.57 Å². The van der Waals surface area contributed by atoms with Gasteiger partial charge >= 0.3 is 0 Å². The second-order valence-corrected chi connectivity index (χ2v) is 13.2. The number of nitrogens with zero attached hydrogens (tertiary/aromatic N) is 2. The molecular weight excluding hydrogens is 749 g/mol. The maximum atomic E-state index is 3.76. The van der Waals surface area contributed by atoms with Crippen LogP contribution in [0, 0.1) is 13.8 Å². The molecule has 0 atom stereocenters. The van der Waals surface area contributed by atoms with Crippen molar-refractivity contribution in [3.63, 3.8) is 0 Å². The van der Waals surface area contributed by atoms with Crippen molar-refractivity contribution in [3.05, 3.63) is 211 Å². The lowest BCUT2D eigenvalue weighted by molar-refractivity contribution is 1.14. The van der Waals surface area contributed by atoms with Crippen LogP contribution in [0.2, 0.25) is 0 Å². The van der Waals surface area contributed by atoms with E-state index in [-0.39, 0.29) is 0 Å². The molecule has 2 nitrogen and oxygen atoms in total. The Morgan fingerprint density at radius 3 is 1.55 bits per heavy atom. The summed E-state index contributed by atoms with van der Waals surface area (Å²) in [5, 5.41) is 2.61. The third-order valence-corrected chi connectivity index (χ3v) is 9.21. The lowest BCUT2D eigenvalue weighted by atomic mass is 9.95. The Balaban J connectivity index is 0.000000893. The van der Waals surface area contributed by atoms with Crippen LogP contribution in [0.25, 0.3) is 49.7 Å². The quantitative estimate of drug-likeness (QED) is 0.113. The molecule has 0 spiro atoms. The molecule has 7 aromatic rings. The van der Waals surface area contributed by atoms with Crippen LogP contribution in [0.4, 0.5) is 0 Å². The first-order valence-corrected chi connectivity index (χ1v) is 22.5. The molecule has 328 valence electrons. The van der Waals surface area contributed by atoms with E-state index in [4.69, 9.17) is 0 Å². The van der Waals surface area contributed by atoms with Crippen LogP contribution >= 0.6 is 0 Å². The number of aryl methyl sites for hydroxylation is 3. The number of benzene rings is 6. The van der Waals surface area contributed by atoms with Gasteiger partial charge in [0.15, 0.2) is 0 Å². The molecule has 0 aliphatic carbocycles. The zero-order valence-corrected chi connectivity index (χ0v) is 40.9. The molecule has 0 unspecified atom stereocenters. The first-order valence-electron chi connectivity index (χ1n) is 22.5. The minimum Gasteiger partial charge on any atom is -0.309 e. The van der Waals surface area contributed by atoms with Gasteiger partial charge in [-0.25, -0.2) is 0 Å². The van der Waals surface area contributed by atoms with Crippen LogP contribution in [0.15, 0.2) is 199 Å². The monoisotopic (exact) mass is 827 g/mol. The van der Waals surface area contributed by atoms with Gasteiger partial charge in [-0.15, -0.1) is 0 Å². The molecule has 0 aliphatic rings. The smallest absolute Gasteiger partial charge is 0.0576 e. The average molecular weight is 827 g/mol. The molecule has 2 heteroatoms. The van der Waals surface area contributed by atoms with E-state index in [9.17, 15) is 0 Å². The van der Waals surface area contributed by atoms with Gasteiger partial charge in [-0.05, 0) is 110 Å².